The van der Waals surface area contributed by atoms with Crippen LogP contribution in [-0.2, 0) is 13.1 Å². The van der Waals surface area contributed by atoms with Gasteiger partial charge in [-0.3, -0.25) is 5.10 Å². The first-order chi connectivity index (χ1) is 5.29. The van der Waals surface area contributed by atoms with Gasteiger partial charge in [-0.05, 0) is 0 Å². The molecule has 1 aromatic rings. The molecular formula is C6H7N3O2. The SMILES string of the molecule is O=C(O)c1n[nH]c2c1CNC2. The lowest BCUT2D eigenvalue weighted by molar-refractivity contribution is 0.0689. The summed E-state index contributed by atoms with van der Waals surface area (Å²) in [5.74, 6) is -0.966. The average Bonchev–Trinajstić information content (AvgIpc) is 2.41. The summed E-state index contributed by atoms with van der Waals surface area (Å²) in [5.41, 5.74) is 1.82. The highest BCUT2D eigenvalue weighted by atomic mass is 16.4. The van der Waals surface area contributed by atoms with Crippen molar-refractivity contribution in [3.63, 3.8) is 0 Å². The van der Waals surface area contributed by atoms with Crippen LogP contribution in [0.15, 0.2) is 0 Å². The van der Waals surface area contributed by atoms with Gasteiger partial charge in [-0.25, -0.2) is 4.79 Å². The molecule has 0 atom stereocenters. The van der Waals surface area contributed by atoms with Crippen LogP contribution < -0.4 is 5.32 Å². The maximum Gasteiger partial charge on any atom is 0.356 e. The number of nitrogens with zero attached hydrogens (tertiary/aromatic N) is 1. The third kappa shape index (κ3) is 0.813. The molecule has 0 amide bonds. The van der Waals surface area contributed by atoms with E-state index in [-0.39, 0.29) is 5.69 Å². The number of carbonyl (C=O) groups is 1. The smallest absolute Gasteiger partial charge is 0.356 e. The van der Waals surface area contributed by atoms with Crippen molar-refractivity contribution in [2.45, 2.75) is 13.1 Å². The first-order valence-electron chi connectivity index (χ1n) is 3.29. The number of aromatic amines is 1. The predicted octanol–water partition coefficient (Wildman–Crippen LogP) is -0.289. The molecule has 0 aliphatic carbocycles. The zero-order valence-corrected chi connectivity index (χ0v) is 5.72. The van der Waals surface area contributed by atoms with Gasteiger partial charge in [0.25, 0.3) is 0 Å². The van der Waals surface area contributed by atoms with Gasteiger partial charge in [0, 0.05) is 18.7 Å². The minimum absolute atomic E-state index is 0.144. The van der Waals surface area contributed by atoms with Gasteiger partial charge < -0.3 is 10.4 Å². The Morgan fingerprint density at radius 2 is 2.36 bits per heavy atom. The van der Waals surface area contributed by atoms with Crippen molar-refractivity contribution in [2.75, 3.05) is 0 Å². The molecule has 0 aromatic carbocycles. The van der Waals surface area contributed by atoms with E-state index in [0.29, 0.717) is 13.1 Å². The fourth-order valence-electron chi connectivity index (χ4n) is 1.23. The van der Waals surface area contributed by atoms with Crippen LogP contribution in [0.3, 0.4) is 0 Å². The maximum atomic E-state index is 10.5. The summed E-state index contributed by atoms with van der Waals surface area (Å²) in [6.45, 7) is 1.29. The van der Waals surface area contributed by atoms with Crippen molar-refractivity contribution in [1.82, 2.24) is 15.5 Å². The minimum atomic E-state index is -0.966. The minimum Gasteiger partial charge on any atom is -0.476 e. The van der Waals surface area contributed by atoms with E-state index in [1.807, 2.05) is 0 Å². The second-order valence-corrected chi connectivity index (χ2v) is 2.44. The number of aromatic nitrogens is 2. The number of hydrogen-bond acceptors (Lipinski definition) is 3. The van der Waals surface area contributed by atoms with Crippen LogP contribution in [0, 0.1) is 0 Å². The molecule has 2 rings (SSSR count). The van der Waals surface area contributed by atoms with E-state index in [1.165, 1.54) is 0 Å². The third-order valence-corrected chi connectivity index (χ3v) is 1.76. The second-order valence-electron chi connectivity index (χ2n) is 2.44. The van der Waals surface area contributed by atoms with Crippen LogP contribution in [0.2, 0.25) is 0 Å². The Morgan fingerprint density at radius 3 is 3.09 bits per heavy atom. The van der Waals surface area contributed by atoms with Crippen LogP contribution >= 0.6 is 0 Å². The summed E-state index contributed by atoms with van der Waals surface area (Å²) in [6, 6.07) is 0. The summed E-state index contributed by atoms with van der Waals surface area (Å²) in [6.07, 6.45) is 0. The highest BCUT2D eigenvalue weighted by Crippen LogP contribution is 2.15. The van der Waals surface area contributed by atoms with Crippen molar-refractivity contribution < 1.29 is 9.90 Å². The van der Waals surface area contributed by atoms with Crippen LogP contribution in [-0.4, -0.2) is 21.3 Å². The number of nitrogens with one attached hydrogen (secondary N) is 2. The molecule has 11 heavy (non-hydrogen) atoms. The molecule has 0 unspecified atom stereocenters. The maximum absolute atomic E-state index is 10.5. The number of rotatable bonds is 1. The molecule has 0 bridgehead atoms. The number of carboxylic acid groups (broad SMARTS) is 1. The fraction of sp³-hybridized carbons (Fsp3) is 0.333. The molecule has 1 aliphatic rings. The van der Waals surface area contributed by atoms with E-state index >= 15 is 0 Å². The second kappa shape index (κ2) is 2.06. The molecular weight excluding hydrogens is 146 g/mol. The van der Waals surface area contributed by atoms with Crippen LogP contribution in [0.25, 0.3) is 0 Å². The first kappa shape index (κ1) is 6.36. The van der Waals surface area contributed by atoms with Crippen LogP contribution in [0.5, 0.6) is 0 Å². The van der Waals surface area contributed by atoms with Crippen LogP contribution in [0.4, 0.5) is 0 Å². The molecule has 5 heteroatoms. The van der Waals surface area contributed by atoms with E-state index in [0.717, 1.165) is 11.3 Å². The van der Waals surface area contributed by atoms with E-state index < -0.39 is 5.97 Å². The Morgan fingerprint density at radius 1 is 1.55 bits per heavy atom. The lowest BCUT2D eigenvalue weighted by Crippen LogP contribution is -2.06. The zero-order valence-electron chi connectivity index (χ0n) is 5.72. The first-order valence-corrected chi connectivity index (χ1v) is 3.29. The molecule has 58 valence electrons. The molecule has 1 aromatic heterocycles. The molecule has 1 aliphatic heterocycles. The topological polar surface area (TPSA) is 78.0 Å². The van der Waals surface area contributed by atoms with Gasteiger partial charge in [-0.2, -0.15) is 5.10 Å². The van der Waals surface area contributed by atoms with Crippen molar-refractivity contribution in [3.8, 4) is 0 Å². The summed E-state index contributed by atoms with van der Waals surface area (Å²) in [7, 11) is 0. The van der Waals surface area contributed by atoms with Crippen molar-refractivity contribution >= 4 is 5.97 Å². The Hall–Kier alpha value is -1.36. The number of carboxylic acids is 1. The third-order valence-electron chi connectivity index (χ3n) is 1.76. The van der Waals surface area contributed by atoms with E-state index in [2.05, 4.69) is 15.5 Å². The largest absolute Gasteiger partial charge is 0.476 e. The lowest BCUT2D eigenvalue weighted by Gasteiger charge is -1.89. The number of aromatic carboxylic acids is 1. The van der Waals surface area contributed by atoms with E-state index in [4.69, 9.17) is 5.11 Å². The summed E-state index contributed by atoms with van der Waals surface area (Å²) in [4.78, 5) is 10.5. The van der Waals surface area contributed by atoms with Gasteiger partial charge in [0.15, 0.2) is 5.69 Å². The fourth-order valence-corrected chi connectivity index (χ4v) is 1.23. The van der Waals surface area contributed by atoms with Gasteiger partial charge in [-0.15, -0.1) is 0 Å². The van der Waals surface area contributed by atoms with Gasteiger partial charge in [-0.1, -0.05) is 0 Å². The highest BCUT2D eigenvalue weighted by Gasteiger charge is 2.21. The molecule has 0 fully saturated rings. The molecule has 0 radical (unpaired) electrons. The van der Waals surface area contributed by atoms with E-state index in [9.17, 15) is 4.79 Å². The monoisotopic (exact) mass is 153 g/mol. The Labute approximate surface area is 62.4 Å². The average molecular weight is 153 g/mol. The molecule has 0 spiro atoms. The number of fused-ring (bicyclic) bond motifs is 1. The van der Waals surface area contributed by atoms with E-state index in [1.54, 1.807) is 0 Å². The van der Waals surface area contributed by atoms with Gasteiger partial charge in [0.05, 0.1) is 5.69 Å². The summed E-state index contributed by atoms with van der Waals surface area (Å²) in [5, 5.41) is 18.0. The normalized spacial score (nSPS) is 14.9. The van der Waals surface area contributed by atoms with Gasteiger partial charge in [0.2, 0.25) is 0 Å². The zero-order chi connectivity index (χ0) is 7.84. The highest BCUT2D eigenvalue weighted by molar-refractivity contribution is 5.87. The lowest BCUT2D eigenvalue weighted by atomic mass is 10.2. The molecule has 3 N–H and O–H groups in total. The number of H-pyrrole nitrogens is 1. The van der Waals surface area contributed by atoms with Crippen molar-refractivity contribution in [1.29, 1.82) is 0 Å². The Kier molecular flexibility index (Phi) is 1.19. The van der Waals surface area contributed by atoms with Gasteiger partial charge in [0.1, 0.15) is 0 Å². The molecule has 2 heterocycles. The Balaban J connectivity index is 2.50. The van der Waals surface area contributed by atoms with Crippen molar-refractivity contribution in [2.24, 2.45) is 0 Å². The molecule has 5 nitrogen and oxygen atoms in total. The standard InChI is InChI=1S/C6H7N3O2/c10-6(11)5-3-1-7-2-4(3)8-9-5/h7H,1-2H2,(H,8,9)(H,10,11). The van der Waals surface area contributed by atoms with Crippen LogP contribution in [0.1, 0.15) is 21.7 Å². The quantitative estimate of drug-likeness (QED) is 0.518. The van der Waals surface area contributed by atoms with Crippen molar-refractivity contribution in [3.05, 3.63) is 17.0 Å². The number of hydrogen-bond donors (Lipinski definition) is 3. The predicted molar refractivity (Wildman–Crippen MR) is 36.1 cm³/mol. The molecule has 0 saturated carbocycles. The summed E-state index contributed by atoms with van der Waals surface area (Å²) < 4.78 is 0. The Bertz CT molecular complexity index is 305. The van der Waals surface area contributed by atoms with Gasteiger partial charge >= 0.3 is 5.97 Å². The molecule has 0 saturated heterocycles. The summed E-state index contributed by atoms with van der Waals surface area (Å²) >= 11 is 0.